The molecule has 3 aromatic heterocycles. The van der Waals surface area contributed by atoms with Crippen LogP contribution in [0.4, 0.5) is 0 Å². The van der Waals surface area contributed by atoms with Gasteiger partial charge in [0, 0.05) is 28.4 Å². The molecule has 154 valence electrons. The highest BCUT2D eigenvalue weighted by atomic mass is 35.5. The number of furan rings is 1. The fourth-order valence-corrected chi connectivity index (χ4v) is 3.74. The largest absolute Gasteiger partial charge is 0.494 e. The summed E-state index contributed by atoms with van der Waals surface area (Å²) in [7, 11) is 0. The highest BCUT2D eigenvalue weighted by molar-refractivity contribution is 6.31. The summed E-state index contributed by atoms with van der Waals surface area (Å²) < 4.78 is 6.73. The van der Waals surface area contributed by atoms with Crippen LogP contribution in [0.15, 0.2) is 51.9 Å². The van der Waals surface area contributed by atoms with Crippen molar-refractivity contribution in [3.05, 3.63) is 91.7 Å². The highest BCUT2D eigenvalue weighted by Crippen LogP contribution is 2.32. The molecule has 0 saturated heterocycles. The molecule has 4 rings (SSSR count). The fourth-order valence-electron chi connectivity index (χ4n) is 3.57. The molecule has 0 aliphatic carbocycles. The van der Waals surface area contributed by atoms with Gasteiger partial charge in [0.15, 0.2) is 5.76 Å². The van der Waals surface area contributed by atoms with Gasteiger partial charge in [-0.2, -0.15) is 5.26 Å². The number of halogens is 1. The van der Waals surface area contributed by atoms with Gasteiger partial charge in [-0.1, -0.05) is 17.7 Å². The Labute approximate surface area is 181 Å². The van der Waals surface area contributed by atoms with Gasteiger partial charge in [0.05, 0.1) is 12.1 Å². The normalized spacial score (nSPS) is 10.9. The number of aryl methyl sites for hydroxylation is 1. The minimum atomic E-state index is -0.689. The molecule has 4 aromatic rings. The minimum absolute atomic E-state index is 0.00568. The van der Waals surface area contributed by atoms with Gasteiger partial charge >= 0.3 is 0 Å². The van der Waals surface area contributed by atoms with E-state index in [0.717, 1.165) is 4.57 Å². The van der Waals surface area contributed by atoms with E-state index in [1.807, 2.05) is 6.07 Å². The molecule has 0 unspecified atom stereocenters. The van der Waals surface area contributed by atoms with Gasteiger partial charge in [-0.15, -0.1) is 0 Å². The number of fused-ring (bicyclic) bond motifs is 1. The lowest BCUT2D eigenvalue weighted by Crippen LogP contribution is -2.27. The highest BCUT2D eigenvalue weighted by Gasteiger charge is 2.28. The summed E-state index contributed by atoms with van der Waals surface area (Å²) in [5.41, 5.74) is 0.661. The van der Waals surface area contributed by atoms with Crippen LogP contribution in [-0.2, 0) is 6.54 Å². The van der Waals surface area contributed by atoms with Crippen LogP contribution in [0.25, 0.3) is 11.0 Å². The van der Waals surface area contributed by atoms with E-state index in [1.54, 1.807) is 43.5 Å². The quantitative estimate of drug-likeness (QED) is 0.485. The molecular formula is C23H16ClN3O4. The summed E-state index contributed by atoms with van der Waals surface area (Å²) in [5.74, 6) is -1.16. The molecule has 31 heavy (non-hydrogen) atoms. The molecule has 8 heteroatoms. The number of aromatic nitrogens is 2. The molecule has 0 radical (unpaired) electrons. The van der Waals surface area contributed by atoms with Crippen molar-refractivity contribution in [1.29, 1.82) is 5.26 Å². The monoisotopic (exact) mass is 433 g/mol. The Morgan fingerprint density at radius 3 is 2.74 bits per heavy atom. The number of nitriles is 1. The second kappa shape index (κ2) is 7.74. The Bertz CT molecular complexity index is 1450. The predicted octanol–water partition coefficient (Wildman–Crippen LogP) is 4.12. The van der Waals surface area contributed by atoms with E-state index in [1.165, 1.54) is 13.1 Å². The maximum atomic E-state index is 13.4. The van der Waals surface area contributed by atoms with Gasteiger partial charge in [-0.05, 0) is 49.2 Å². The topological polar surface area (TPSA) is 109 Å². The zero-order valence-corrected chi connectivity index (χ0v) is 17.4. The molecule has 0 spiro atoms. The summed E-state index contributed by atoms with van der Waals surface area (Å²) >= 11 is 6.06. The summed E-state index contributed by atoms with van der Waals surface area (Å²) in [6, 6.07) is 10.2. The van der Waals surface area contributed by atoms with Crippen molar-refractivity contribution in [2.75, 3.05) is 0 Å². The third kappa shape index (κ3) is 3.37. The van der Waals surface area contributed by atoms with Crippen molar-refractivity contribution in [1.82, 2.24) is 9.55 Å². The minimum Gasteiger partial charge on any atom is -0.494 e. The van der Waals surface area contributed by atoms with Crippen LogP contribution in [0.5, 0.6) is 5.88 Å². The van der Waals surface area contributed by atoms with Crippen LogP contribution in [0.3, 0.4) is 0 Å². The number of carbonyl (C=O) groups is 1. The first-order valence-electron chi connectivity index (χ1n) is 9.32. The van der Waals surface area contributed by atoms with E-state index in [9.17, 15) is 20.0 Å². The standard InChI is InChI=1S/C23H16ClN3O4/c1-12-17(9-25)22(29)27(11-14-4-3-7-26-10-14)23(30)19(12)20(28)21-13(2)16-8-15(24)5-6-18(16)31-21/h3-8,10,30H,11H2,1-2H3. The zero-order valence-electron chi connectivity index (χ0n) is 16.6. The second-order valence-corrected chi connectivity index (χ2v) is 7.53. The molecule has 1 aromatic carbocycles. The summed E-state index contributed by atoms with van der Waals surface area (Å²) in [6.45, 7) is 3.11. The lowest BCUT2D eigenvalue weighted by atomic mass is 9.98. The molecule has 0 amide bonds. The smallest absolute Gasteiger partial charge is 0.271 e. The van der Waals surface area contributed by atoms with E-state index < -0.39 is 17.2 Å². The Hall–Kier alpha value is -3.89. The number of ketones is 1. The maximum Gasteiger partial charge on any atom is 0.271 e. The zero-order chi connectivity index (χ0) is 22.3. The SMILES string of the molecule is Cc1c(C(=O)c2oc3ccc(Cl)cc3c2C)c(O)n(Cc2cccnc2)c(=O)c1C#N. The third-order valence-corrected chi connectivity index (χ3v) is 5.43. The summed E-state index contributed by atoms with van der Waals surface area (Å²) in [5, 5.41) is 21.6. The summed E-state index contributed by atoms with van der Waals surface area (Å²) in [6.07, 6.45) is 3.11. The number of rotatable bonds is 4. The maximum absolute atomic E-state index is 13.4. The van der Waals surface area contributed by atoms with E-state index in [2.05, 4.69) is 4.98 Å². The Balaban J connectivity index is 1.93. The number of hydrogen-bond donors (Lipinski definition) is 1. The first-order valence-corrected chi connectivity index (χ1v) is 9.70. The van der Waals surface area contributed by atoms with Crippen molar-refractivity contribution >= 4 is 28.4 Å². The van der Waals surface area contributed by atoms with Crippen LogP contribution in [0.2, 0.25) is 5.02 Å². The average Bonchev–Trinajstić information content (AvgIpc) is 3.08. The van der Waals surface area contributed by atoms with Crippen molar-refractivity contribution in [2.24, 2.45) is 0 Å². The number of carbonyl (C=O) groups excluding carboxylic acids is 1. The first kappa shape index (κ1) is 20.4. The molecule has 0 fully saturated rings. The third-order valence-electron chi connectivity index (χ3n) is 5.20. The van der Waals surface area contributed by atoms with Gasteiger partial charge in [-0.25, -0.2) is 0 Å². The van der Waals surface area contributed by atoms with E-state index in [0.29, 0.717) is 27.1 Å². The number of hydrogen-bond acceptors (Lipinski definition) is 6. The molecule has 0 aliphatic rings. The van der Waals surface area contributed by atoms with Crippen molar-refractivity contribution in [3.8, 4) is 11.9 Å². The number of aromatic hydroxyl groups is 1. The number of nitrogens with zero attached hydrogens (tertiary/aromatic N) is 3. The Morgan fingerprint density at radius 2 is 2.06 bits per heavy atom. The van der Waals surface area contributed by atoms with Crippen LogP contribution in [0, 0.1) is 25.2 Å². The van der Waals surface area contributed by atoms with Gasteiger partial charge in [-0.3, -0.25) is 19.1 Å². The Morgan fingerprint density at radius 1 is 1.29 bits per heavy atom. The molecule has 0 aliphatic heterocycles. The van der Waals surface area contributed by atoms with Crippen molar-refractivity contribution < 1.29 is 14.3 Å². The fraction of sp³-hybridized carbons (Fsp3) is 0.130. The van der Waals surface area contributed by atoms with Gasteiger partial charge in [0.2, 0.25) is 11.7 Å². The van der Waals surface area contributed by atoms with Crippen LogP contribution in [0.1, 0.15) is 38.4 Å². The van der Waals surface area contributed by atoms with Crippen LogP contribution >= 0.6 is 11.6 Å². The van der Waals surface area contributed by atoms with E-state index in [4.69, 9.17) is 16.0 Å². The lowest BCUT2D eigenvalue weighted by molar-refractivity contribution is 0.101. The summed E-state index contributed by atoms with van der Waals surface area (Å²) in [4.78, 5) is 30.2. The van der Waals surface area contributed by atoms with Gasteiger partial charge in [0.25, 0.3) is 5.56 Å². The van der Waals surface area contributed by atoms with E-state index in [-0.39, 0.29) is 29.0 Å². The number of pyridine rings is 2. The predicted molar refractivity (Wildman–Crippen MR) is 115 cm³/mol. The Kier molecular flexibility index (Phi) is 5.09. The van der Waals surface area contributed by atoms with Crippen LogP contribution < -0.4 is 5.56 Å². The lowest BCUT2D eigenvalue weighted by Gasteiger charge is -2.15. The molecule has 7 nitrogen and oxygen atoms in total. The van der Waals surface area contributed by atoms with Crippen LogP contribution in [-0.4, -0.2) is 20.4 Å². The molecule has 0 bridgehead atoms. The molecule has 0 saturated carbocycles. The molecule has 0 atom stereocenters. The molecule has 1 N–H and O–H groups in total. The number of benzene rings is 1. The molecular weight excluding hydrogens is 418 g/mol. The van der Waals surface area contributed by atoms with Gasteiger partial charge in [0.1, 0.15) is 17.2 Å². The van der Waals surface area contributed by atoms with Crippen molar-refractivity contribution in [3.63, 3.8) is 0 Å². The van der Waals surface area contributed by atoms with Gasteiger partial charge < -0.3 is 9.52 Å². The van der Waals surface area contributed by atoms with Crippen molar-refractivity contribution in [2.45, 2.75) is 20.4 Å². The van der Waals surface area contributed by atoms with E-state index >= 15 is 0 Å². The molecule has 3 heterocycles. The average molecular weight is 434 g/mol. The second-order valence-electron chi connectivity index (χ2n) is 7.09. The first-order chi connectivity index (χ1) is 14.8.